The zero-order chi connectivity index (χ0) is 22.7. The van der Waals surface area contributed by atoms with Crippen LogP contribution in [0.1, 0.15) is 55.0 Å². The van der Waals surface area contributed by atoms with Gasteiger partial charge in [0.25, 0.3) is 0 Å². The highest BCUT2D eigenvalue weighted by Gasteiger charge is 2.29. The number of aromatic nitrogens is 1. The SMILES string of the molecule is C#C.C/C=C(\C=N/CN)NC.CC(C)(C)C1CCc2nc3sc(C=O)cc3cc2C1. The molecule has 6 heteroatoms. The molecule has 0 fully saturated rings. The molecule has 5 nitrogen and oxygen atoms in total. The standard InChI is InChI=1S/C16H19NOS.C6H13N3.C2H2/c1-16(2,3)12-4-5-14-10(7-12)6-11-8-13(9-18)19-15(11)17-14;1-3-6(8-2)4-9-5-7;1-2/h6,8-9,12H,4-5,7H2,1-3H3;3-4,8H,5,7H2,1-2H3;1-2H/b;6-3+,9-4-;. The normalized spacial score (nSPS) is 16.1. The predicted octanol–water partition coefficient (Wildman–Crippen LogP) is 4.61. The molecule has 0 amide bonds. The summed E-state index contributed by atoms with van der Waals surface area (Å²) in [4.78, 5) is 21.2. The van der Waals surface area contributed by atoms with Crippen molar-refractivity contribution >= 4 is 34.1 Å². The lowest BCUT2D eigenvalue weighted by molar-refractivity contribution is 0.112. The highest BCUT2D eigenvalue weighted by molar-refractivity contribution is 7.20. The van der Waals surface area contributed by atoms with Crippen LogP contribution < -0.4 is 11.1 Å². The Labute approximate surface area is 184 Å². The molecule has 30 heavy (non-hydrogen) atoms. The monoisotopic (exact) mass is 426 g/mol. The van der Waals surface area contributed by atoms with E-state index in [4.69, 9.17) is 10.7 Å². The maximum Gasteiger partial charge on any atom is 0.160 e. The number of hydrogen-bond donors (Lipinski definition) is 2. The second-order valence-electron chi connectivity index (χ2n) is 8.05. The molecule has 3 rings (SSSR count). The van der Waals surface area contributed by atoms with E-state index in [2.05, 4.69) is 50.0 Å². The molecular weight excluding hydrogens is 392 g/mol. The van der Waals surface area contributed by atoms with Crippen molar-refractivity contribution in [1.29, 1.82) is 0 Å². The van der Waals surface area contributed by atoms with Gasteiger partial charge in [-0.25, -0.2) is 4.98 Å². The van der Waals surface area contributed by atoms with Gasteiger partial charge in [0, 0.05) is 30.0 Å². The first-order valence-corrected chi connectivity index (χ1v) is 10.9. The van der Waals surface area contributed by atoms with E-state index in [0.717, 1.165) is 45.8 Å². The zero-order valence-corrected chi connectivity index (χ0v) is 19.6. The first-order valence-electron chi connectivity index (χ1n) is 10.1. The first-order chi connectivity index (χ1) is 14.3. The number of terminal acetylenes is 1. The Balaban J connectivity index is 0.000000349. The number of hydrogen-bond acceptors (Lipinski definition) is 6. The summed E-state index contributed by atoms with van der Waals surface area (Å²) in [6, 6.07) is 4.21. The predicted molar refractivity (Wildman–Crippen MR) is 130 cm³/mol. The molecule has 3 N–H and O–H groups in total. The van der Waals surface area contributed by atoms with Crippen molar-refractivity contribution in [3.05, 3.63) is 40.0 Å². The van der Waals surface area contributed by atoms with E-state index >= 15 is 0 Å². The fraction of sp³-hybridized carbons (Fsp3) is 0.458. The van der Waals surface area contributed by atoms with Gasteiger partial charge in [-0.1, -0.05) is 26.8 Å². The van der Waals surface area contributed by atoms with E-state index in [1.165, 1.54) is 29.0 Å². The van der Waals surface area contributed by atoms with E-state index in [0.29, 0.717) is 12.1 Å². The molecule has 2 aromatic rings. The molecule has 0 spiro atoms. The number of nitrogens with two attached hydrogens (primary N) is 1. The van der Waals surface area contributed by atoms with Gasteiger partial charge in [-0.2, -0.15) is 0 Å². The number of aryl methyl sites for hydroxylation is 1. The number of nitrogens with one attached hydrogen (secondary N) is 1. The fourth-order valence-corrected chi connectivity index (χ4v) is 4.22. The highest BCUT2D eigenvalue weighted by Crippen LogP contribution is 2.38. The quantitative estimate of drug-likeness (QED) is 0.425. The smallest absolute Gasteiger partial charge is 0.160 e. The summed E-state index contributed by atoms with van der Waals surface area (Å²) in [7, 11) is 1.85. The summed E-state index contributed by atoms with van der Waals surface area (Å²) in [5.74, 6) is 0.725. The van der Waals surface area contributed by atoms with Crippen LogP contribution in [0.2, 0.25) is 0 Å². The lowest BCUT2D eigenvalue weighted by Crippen LogP contribution is -2.27. The molecule has 1 atom stereocenters. The molecular formula is C24H34N4OS. The number of carbonyl (C=O) groups excluding carboxylic acids is 1. The second-order valence-corrected chi connectivity index (χ2v) is 9.11. The highest BCUT2D eigenvalue weighted by atomic mass is 32.1. The van der Waals surface area contributed by atoms with Crippen molar-refractivity contribution in [3.8, 4) is 12.8 Å². The van der Waals surface area contributed by atoms with E-state index in [1.807, 2.05) is 26.1 Å². The minimum atomic E-state index is 0.346. The van der Waals surface area contributed by atoms with Crippen LogP contribution in [0.3, 0.4) is 0 Å². The first kappa shape index (κ1) is 25.5. The third kappa shape index (κ3) is 7.08. The number of fused-ring (bicyclic) bond motifs is 2. The third-order valence-corrected chi connectivity index (χ3v) is 6.14. The number of thiophene rings is 1. The summed E-state index contributed by atoms with van der Waals surface area (Å²) in [5, 5.41) is 4.07. The van der Waals surface area contributed by atoms with Crippen LogP contribution in [0.25, 0.3) is 10.2 Å². The molecule has 1 aliphatic rings. The van der Waals surface area contributed by atoms with Crippen LogP contribution in [-0.4, -0.2) is 31.2 Å². The Morgan fingerprint density at radius 2 is 2.10 bits per heavy atom. The number of aldehydes is 1. The molecule has 2 heterocycles. The van der Waals surface area contributed by atoms with Crippen molar-refractivity contribution in [2.45, 2.75) is 47.0 Å². The van der Waals surface area contributed by atoms with Crippen LogP contribution in [-0.2, 0) is 12.8 Å². The molecule has 1 unspecified atom stereocenters. The maximum absolute atomic E-state index is 10.9. The summed E-state index contributed by atoms with van der Waals surface area (Å²) in [6.45, 7) is 9.25. The molecule has 1 aliphatic carbocycles. The van der Waals surface area contributed by atoms with Gasteiger partial charge in [0.05, 0.1) is 11.5 Å². The van der Waals surface area contributed by atoms with E-state index in [9.17, 15) is 4.79 Å². The Hall–Kier alpha value is -2.49. The Bertz CT molecular complexity index is 903. The summed E-state index contributed by atoms with van der Waals surface area (Å²) in [6.07, 6.45) is 16.0. The third-order valence-electron chi connectivity index (χ3n) is 5.17. The number of nitrogens with zero attached hydrogens (tertiary/aromatic N) is 2. The molecule has 0 saturated carbocycles. The largest absolute Gasteiger partial charge is 0.387 e. The van der Waals surface area contributed by atoms with Gasteiger partial charge in [0.15, 0.2) is 6.29 Å². The minimum Gasteiger partial charge on any atom is -0.387 e. The Kier molecular flexibility index (Phi) is 10.4. The van der Waals surface area contributed by atoms with Crippen LogP contribution >= 0.6 is 11.3 Å². The van der Waals surface area contributed by atoms with Crippen molar-refractivity contribution in [1.82, 2.24) is 10.3 Å². The van der Waals surface area contributed by atoms with Gasteiger partial charge >= 0.3 is 0 Å². The van der Waals surface area contributed by atoms with Gasteiger partial charge in [0.2, 0.25) is 0 Å². The summed E-state index contributed by atoms with van der Waals surface area (Å²) >= 11 is 1.50. The molecule has 2 aromatic heterocycles. The number of aliphatic imine (C=N–C) groups is 1. The Morgan fingerprint density at radius 1 is 1.40 bits per heavy atom. The van der Waals surface area contributed by atoms with Gasteiger partial charge < -0.3 is 11.1 Å². The Morgan fingerprint density at radius 3 is 2.63 bits per heavy atom. The molecule has 0 aliphatic heterocycles. The van der Waals surface area contributed by atoms with E-state index in [1.54, 1.807) is 6.21 Å². The number of carbonyl (C=O) groups is 1. The molecule has 0 saturated heterocycles. The van der Waals surface area contributed by atoms with Gasteiger partial charge in [0.1, 0.15) is 4.83 Å². The summed E-state index contributed by atoms with van der Waals surface area (Å²) in [5.41, 5.74) is 9.10. The van der Waals surface area contributed by atoms with Gasteiger partial charge in [-0.15, -0.1) is 24.2 Å². The van der Waals surface area contributed by atoms with Crippen molar-refractivity contribution in [3.63, 3.8) is 0 Å². The molecule has 0 aromatic carbocycles. The minimum absolute atomic E-state index is 0.346. The topological polar surface area (TPSA) is 80.4 Å². The number of rotatable bonds is 4. The lowest BCUT2D eigenvalue weighted by atomic mass is 9.71. The number of allylic oxidation sites excluding steroid dienone is 2. The maximum atomic E-state index is 10.9. The zero-order valence-electron chi connectivity index (χ0n) is 18.7. The van der Waals surface area contributed by atoms with E-state index in [-0.39, 0.29) is 0 Å². The van der Waals surface area contributed by atoms with Crippen LogP contribution in [0, 0.1) is 24.2 Å². The average molecular weight is 427 g/mol. The average Bonchev–Trinajstić information content (AvgIpc) is 3.15. The van der Waals surface area contributed by atoms with Crippen LogP contribution in [0.15, 0.2) is 28.9 Å². The van der Waals surface area contributed by atoms with Gasteiger partial charge in [-0.05, 0) is 55.2 Å². The molecule has 0 bridgehead atoms. The molecule has 0 radical (unpaired) electrons. The van der Waals surface area contributed by atoms with Crippen LogP contribution in [0.5, 0.6) is 0 Å². The molecule has 162 valence electrons. The second kappa shape index (κ2) is 12.3. The van der Waals surface area contributed by atoms with Crippen molar-refractivity contribution in [2.24, 2.45) is 22.1 Å². The van der Waals surface area contributed by atoms with Gasteiger partial charge in [-0.3, -0.25) is 9.79 Å². The number of pyridine rings is 1. The van der Waals surface area contributed by atoms with E-state index < -0.39 is 0 Å². The van der Waals surface area contributed by atoms with Crippen LogP contribution in [0.4, 0.5) is 0 Å². The fourth-order valence-electron chi connectivity index (χ4n) is 3.37. The lowest BCUT2D eigenvalue weighted by Gasteiger charge is -2.34. The van der Waals surface area contributed by atoms with Crippen molar-refractivity contribution in [2.75, 3.05) is 13.7 Å². The summed E-state index contributed by atoms with van der Waals surface area (Å²) < 4.78 is 0. The van der Waals surface area contributed by atoms with Crippen molar-refractivity contribution < 1.29 is 4.79 Å².